The van der Waals surface area contributed by atoms with Crippen LogP contribution < -0.4 is 21.9 Å². The highest BCUT2D eigenvalue weighted by molar-refractivity contribution is 5.96. The molecule has 0 bridgehead atoms. The number of rotatable bonds is 10. The fourth-order valence-electron chi connectivity index (χ4n) is 2.74. The van der Waals surface area contributed by atoms with Gasteiger partial charge < -0.3 is 20.1 Å². The Balaban J connectivity index is 2.25. The van der Waals surface area contributed by atoms with Gasteiger partial charge in [0.15, 0.2) is 5.69 Å². The fourth-order valence-corrected chi connectivity index (χ4v) is 2.74. The van der Waals surface area contributed by atoms with E-state index in [0.717, 1.165) is 5.56 Å². The molecule has 0 spiro atoms. The second-order valence-corrected chi connectivity index (χ2v) is 6.16. The molecule has 0 saturated carbocycles. The number of carbonyl (C=O) groups is 1. The first kappa shape index (κ1) is 21.4. The SMILES string of the molecule is CCCn1c(N)c(N(CCOC)C(=O)COCc2ccccc2)c(=O)[nH]c1=O. The smallest absolute Gasteiger partial charge is 0.330 e. The van der Waals surface area contributed by atoms with Crippen LogP contribution in [0.3, 0.4) is 0 Å². The van der Waals surface area contributed by atoms with E-state index < -0.39 is 17.2 Å². The maximum Gasteiger partial charge on any atom is 0.330 e. The van der Waals surface area contributed by atoms with Gasteiger partial charge in [0.2, 0.25) is 0 Å². The summed E-state index contributed by atoms with van der Waals surface area (Å²) in [5, 5.41) is 0. The summed E-state index contributed by atoms with van der Waals surface area (Å²) in [5.41, 5.74) is 5.60. The number of hydrogen-bond acceptors (Lipinski definition) is 6. The predicted molar refractivity (Wildman–Crippen MR) is 106 cm³/mol. The van der Waals surface area contributed by atoms with Crippen molar-refractivity contribution in [2.24, 2.45) is 0 Å². The van der Waals surface area contributed by atoms with E-state index in [9.17, 15) is 14.4 Å². The minimum absolute atomic E-state index is 0.0527. The quantitative estimate of drug-likeness (QED) is 0.617. The van der Waals surface area contributed by atoms with E-state index in [4.69, 9.17) is 15.2 Å². The number of hydrogen-bond donors (Lipinski definition) is 2. The van der Waals surface area contributed by atoms with E-state index >= 15 is 0 Å². The first-order valence-corrected chi connectivity index (χ1v) is 9.03. The zero-order chi connectivity index (χ0) is 20.5. The van der Waals surface area contributed by atoms with E-state index in [1.807, 2.05) is 37.3 Å². The average molecular weight is 390 g/mol. The normalized spacial score (nSPS) is 10.8. The molecule has 3 N–H and O–H groups in total. The standard InChI is InChI=1S/C19H26N4O5/c1-3-9-23-17(20)16(18(25)21-19(23)26)22(10-11-27-2)15(24)13-28-12-14-7-5-4-6-8-14/h4-8H,3,9-13,20H2,1-2H3,(H,21,25,26). The summed E-state index contributed by atoms with van der Waals surface area (Å²) in [4.78, 5) is 40.6. The number of aromatic amines is 1. The van der Waals surface area contributed by atoms with E-state index in [0.29, 0.717) is 13.0 Å². The van der Waals surface area contributed by atoms with Gasteiger partial charge in [0, 0.05) is 20.2 Å². The molecule has 1 aromatic heterocycles. The Hall–Kier alpha value is -2.91. The number of amides is 1. The van der Waals surface area contributed by atoms with Crippen LogP contribution in [0.5, 0.6) is 0 Å². The molecule has 0 fully saturated rings. The van der Waals surface area contributed by atoms with E-state index in [1.165, 1.54) is 16.6 Å². The van der Waals surface area contributed by atoms with Crippen LogP contribution in [0, 0.1) is 0 Å². The van der Waals surface area contributed by atoms with Crippen molar-refractivity contribution in [2.45, 2.75) is 26.5 Å². The summed E-state index contributed by atoms with van der Waals surface area (Å²) in [7, 11) is 1.49. The highest BCUT2D eigenvalue weighted by Gasteiger charge is 2.24. The zero-order valence-corrected chi connectivity index (χ0v) is 16.1. The van der Waals surface area contributed by atoms with Gasteiger partial charge in [0.25, 0.3) is 11.5 Å². The molecule has 0 aliphatic heterocycles. The largest absolute Gasteiger partial charge is 0.383 e. The summed E-state index contributed by atoms with van der Waals surface area (Å²) >= 11 is 0. The molecule has 0 radical (unpaired) electrons. The average Bonchev–Trinajstić information content (AvgIpc) is 2.68. The van der Waals surface area contributed by atoms with Crippen LogP contribution in [-0.2, 0) is 27.4 Å². The highest BCUT2D eigenvalue weighted by Crippen LogP contribution is 2.17. The van der Waals surface area contributed by atoms with Crippen molar-refractivity contribution in [1.82, 2.24) is 9.55 Å². The number of carbonyl (C=O) groups excluding carboxylic acids is 1. The molecule has 0 saturated heterocycles. The molecule has 9 nitrogen and oxygen atoms in total. The first-order chi connectivity index (χ1) is 13.5. The molecule has 0 atom stereocenters. The van der Waals surface area contributed by atoms with E-state index in [2.05, 4.69) is 4.98 Å². The van der Waals surface area contributed by atoms with Crippen molar-refractivity contribution < 1.29 is 14.3 Å². The number of nitrogens with two attached hydrogens (primary N) is 1. The molecule has 9 heteroatoms. The predicted octanol–water partition coefficient (Wildman–Crippen LogP) is 0.725. The summed E-state index contributed by atoms with van der Waals surface area (Å²) in [6.45, 7) is 2.50. The molecular formula is C19H26N4O5. The van der Waals surface area contributed by atoms with Gasteiger partial charge in [-0.05, 0) is 12.0 Å². The lowest BCUT2D eigenvalue weighted by Gasteiger charge is -2.24. The summed E-state index contributed by atoms with van der Waals surface area (Å²) in [6.07, 6.45) is 0.641. The number of ether oxygens (including phenoxy) is 2. The van der Waals surface area contributed by atoms with Gasteiger partial charge in [-0.25, -0.2) is 4.79 Å². The van der Waals surface area contributed by atoms with Crippen LogP contribution in [0.15, 0.2) is 39.9 Å². The summed E-state index contributed by atoms with van der Waals surface area (Å²) < 4.78 is 11.8. The third-order valence-electron chi connectivity index (χ3n) is 4.09. The topological polar surface area (TPSA) is 120 Å². The van der Waals surface area contributed by atoms with Gasteiger partial charge in [-0.2, -0.15) is 0 Å². The van der Waals surface area contributed by atoms with Crippen LogP contribution in [-0.4, -0.2) is 42.3 Å². The Labute approximate surface area is 162 Å². The first-order valence-electron chi connectivity index (χ1n) is 9.03. The van der Waals surface area contributed by atoms with Crippen molar-refractivity contribution in [1.29, 1.82) is 0 Å². The summed E-state index contributed by atoms with van der Waals surface area (Å²) in [5.74, 6) is -0.505. The zero-order valence-electron chi connectivity index (χ0n) is 16.1. The Bertz CT molecular complexity index is 891. The maximum absolute atomic E-state index is 12.7. The van der Waals surface area contributed by atoms with Crippen LogP contribution in [0.25, 0.3) is 0 Å². The van der Waals surface area contributed by atoms with Gasteiger partial charge in [0.1, 0.15) is 12.4 Å². The second-order valence-electron chi connectivity index (χ2n) is 6.16. The number of nitrogens with zero attached hydrogens (tertiary/aromatic N) is 2. The molecule has 1 amide bonds. The molecule has 0 unspecified atom stereocenters. The molecule has 0 aliphatic carbocycles. The van der Waals surface area contributed by atoms with Gasteiger partial charge in [-0.3, -0.25) is 19.1 Å². The Kier molecular flexibility index (Phi) is 7.97. The molecule has 0 aliphatic rings. The number of aromatic nitrogens is 2. The van der Waals surface area contributed by atoms with E-state index in [1.54, 1.807) is 0 Å². The number of benzene rings is 1. The number of nitrogens with one attached hydrogen (secondary N) is 1. The van der Waals surface area contributed by atoms with Gasteiger partial charge in [-0.15, -0.1) is 0 Å². The number of methoxy groups -OCH3 is 1. The van der Waals surface area contributed by atoms with Crippen molar-refractivity contribution in [3.05, 3.63) is 56.7 Å². The molecular weight excluding hydrogens is 364 g/mol. The van der Waals surface area contributed by atoms with Crippen LogP contribution in [0.2, 0.25) is 0 Å². The number of anilines is 2. The fraction of sp³-hybridized carbons (Fsp3) is 0.421. The van der Waals surface area contributed by atoms with Crippen molar-refractivity contribution in [2.75, 3.05) is 37.5 Å². The highest BCUT2D eigenvalue weighted by atomic mass is 16.5. The van der Waals surface area contributed by atoms with Crippen LogP contribution in [0.1, 0.15) is 18.9 Å². The minimum atomic E-state index is -0.720. The maximum atomic E-state index is 12.7. The Morgan fingerprint density at radius 2 is 1.96 bits per heavy atom. The van der Waals surface area contributed by atoms with Crippen LogP contribution >= 0.6 is 0 Å². The third kappa shape index (κ3) is 5.30. The molecule has 1 heterocycles. The van der Waals surface area contributed by atoms with Gasteiger partial charge in [0.05, 0.1) is 13.2 Å². The molecule has 28 heavy (non-hydrogen) atoms. The second kappa shape index (κ2) is 10.4. The molecule has 1 aromatic carbocycles. The van der Waals surface area contributed by atoms with E-state index in [-0.39, 0.29) is 37.9 Å². The molecule has 2 rings (SSSR count). The number of H-pyrrole nitrogens is 1. The minimum Gasteiger partial charge on any atom is -0.383 e. The summed E-state index contributed by atoms with van der Waals surface area (Å²) in [6, 6.07) is 9.42. The van der Waals surface area contributed by atoms with Crippen molar-refractivity contribution in [3.63, 3.8) is 0 Å². The van der Waals surface area contributed by atoms with Crippen LogP contribution in [0.4, 0.5) is 11.5 Å². The molecule has 2 aromatic rings. The van der Waals surface area contributed by atoms with Crippen molar-refractivity contribution in [3.8, 4) is 0 Å². The van der Waals surface area contributed by atoms with Gasteiger partial charge in [-0.1, -0.05) is 37.3 Å². The lowest BCUT2D eigenvalue weighted by atomic mass is 10.2. The lowest BCUT2D eigenvalue weighted by molar-refractivity contribution is -0.123. The Morgan fingerprint density at radius 3 is 2.61 bits per heavy atom. The molecule has 152 valence electrons. The third-order valence-corrected chi connectivity index (χ3v) is 4.09. The number of nitrogen functional groups attached to an aromatic ring is 1. The van der Waals surface area contributed by atoms with Gasteiger partial charge >= 0.3 is 5.69 Å². The van der Waals surface area contributed by atoms with Crippen molar-refractivity contribution >= 4 is 17.4 Å². The monoisotopic (exact) mass is 390 g/mol. The lowest BCUT2D eigenvalue weighted by Crippen LogP contribution is -2.43. The Morgan fingerprint density at radius 1 is 1.25 bits per heavy atom.